The van der Waals surface area contributed by atoms with Gasteiger partial charge in [-0.2, -0.15) is 0 Å². The summed E-state index contributed by atoms with van der Waals surface area (Å²) in [5.41, 5.74) is 1.88. The van der Waals surface area contributed by atoms with Crippen LogP contribution in [0.15, 0.2) is 41.3 Å². The zero-order valence-electron chi connectivity index (χ0n) is 15.2. The number of carbonyl (C=O) groups is 1. The van der Waals surface area contributed by atoms with Crippen LogP contribution in [0.25, 0.3) is 10.9 Å². The van der Waals surface area contributed by atoms with Crippen LogP contribution >= 0.6 is 11.6 Å². The van der Waals surface area contributed by atoms with Crippen molar-refractivity contribution >= 4 is 34.2 Å². The van der Waals surface area contributed by atoms with Gasteiger partial charge in [0.05, 0.1) is 10.9 Å². The van der Waals surface area contributed by atoms with Gasteiger partial charge in [-0.25, -0.2) is 4.98 Å². The topological polar surface area (TPSA) is 76.0 Å². The number of aromatic nitrogens is 2. The van der Waals surface area contributed by atoms with Crippen LogP contribution in [0.2, 0.25) is 5.02 Å². The van der Waals surface area contributed by atoms with Gasteiger partial charge in [-0.15, -0.1) is 0 Å². The molecule has 0 saturated heterocycles. The number of nitrogens with one attached hydrogen (secondary N) is 2. The van der Waals surface area contributed by atoms with Gasteiger partial charge < -0.3 is 15.2 Å². The molecule has 3 heterocycles. The molecule has 6 nitrogen and oxygen atoms in total. The van der Waals surface area contributed by atoms with Gasteiger partial charge in [-0.1, -0.05) is 29.7 Å². The average Bonchev–Trinajstić information content (AvgIpc) is 2.70. The van der Waals surface area contributed by atoms with Gasteiger partial charge in [0.25, 0.3) is 5.91 Å². The molecule has 0 radical (unpaired) electrons. The van der Waals surface area contributed by atoms with Crippen LogP contribution in [0.4, 0.5) is 5.82 Å². The quantitative estimate of drug-likeness (QED) is 0.672. The highest BCUT2D eigenvalue weighted by atomic mass is 35.5. The van der Waals surface area contributed by atoms with Crippen LogP contribution < -0.4 is 16.1 Å². The number of carbonyl (C=O) groups excluding carboxylic acids is 1. The number of amides is 1. The Bertz CT molecular complexity index is 1200. The summed E-state index contributed by atoms with van der Waals surface area (Å²) in [5, 5.41) is 7.08. The summed E-state index contributed by atoms with van der Waals surface area (Å²) in [6, 6.07) is 8.83. The first-order valence-electron chi connectivity index (χ1n) is 8.84. The molecule has 0 atom stereocenters. The van der Waals surface area contributed by atoms with Crippen molar-refractivity contribution in [1.82, 2.24) is 14.9 Å². The molecule has 0 unspecified atom stereocenters. The van der Waals surface area contributed by atoms with Crippen molar-refractivity contribution in [2.75, 3.05) is 11.9 Å². The summed E-state index contributed by atoms with van der Waals surface area (Å²) >= 11 is 5.88. The molecular formula is C21H17ClN4O2. The lowest BCUT2D eigenvalue weighted by atomic mass is 10.1. The Labute approximate surface area is 166 Å². The van der Waals surface area contributed by atoms with Crippen molar-refractivity contribution in [1.29, 1.82) is 0 Å². The second-order valence-corrected chi connectivity index (χ2v) is 6.86. The van der Waals surface area contributed by atoms with Crippen LogP contribution in [0.3, 0.4) is 0 Å². The van der Waals surface area contributed by atoms with E-state index in [-0.39, 0.29) is 11.0 Å². The molecule has 2 aromatic heterocycles. The lowest BCUT2D eigenvalue weighted by molar-refractivity contribution is 0.0949. The zero-order valence-corrected chi connectivity index (χ0v) is 15.9. The molecular weight excluding hydrogens is 376 g/mol. The molecule has 1 amide bonds. The number of anilines is 1. The fourth-order valence-corrected chi connectivity index (χ4v) is 3.38. The maximum absolute atomic E-state index is 13.0. The number of benzene rings is 1. The Hall–Kier alpha value is -3.30. The van der Waals surface area contributed by atoms with Gasteiger partial charge >= 0.3 is 0 Å². The lowest BCUT2D eigenvalue weighted by Gasteiger charge is -2.21. The molecule has 28 heavy (non-hydrogen) atoms. The molecule has 0 bridgehead atoms. The molecule has 0 aliphatic carbocycles. The van der Waals surface area contributed by atoms with Crippen molar-refractivity contribution in [2.45, 2.75) is 20.0 Å². The predicted octanol–water partition coefficient (Wildman–Crippen LogP) is 2.78. The molecule has 7 heteroatoms. The SMILES string of the molecule is CC#Cc1cc2c(=O)c(C(=O)NCc3ccc(Cl)cc3)cn3c2c(n1)NCC3. The third-order valence-electron chi connectivity index (χ3n) is 4.56. The first-order valence-corrected chi connectivity index (χ1v) is 9.22. The molecule has 0 spiro atoms. The molecule has 140 valence electrons. The maximum Gasteiger partial charge on any atom is 0.257 e. The van der Waals surface area contributed by atoms with E-state index in [1.807, 2.05) is 16.7 Å². The minimum Gasteiger partial charge on any atom is -0.366 e. The predicted molar refractivity (Wildman–Crippen MR) is 110 cm³/mol. The van der Waals surface area contributed by atoms with E-state index in [9.17, 15) is 9.59 Å². The Balaban J connectivity index is 1.73. The van der Waals surface area contributed by atoms with E-state index in [1.54, 1.807) is 31.3 Å². The highest BCUT2D eigenvalue weighted by Gasteiger charge is 2.21. The highest BCUT2D eigenvalue weighted by Crippen LogP contribution is 2.24. The second-order valence-electron chi connectivity index (χ2n) is 6.43. The van der Waals surface area contributed by atoms with E-state index < -0.39 is 5.91 Å². The molecule has 0 fully saturated rings. The van der Waals surface area contributed by atoms with Crippen molar-refractivity contribution in [3.8, 4) is 11.8 Å². The Morgan fingerprint density at radius 1 is 1.36 bits per heavy atom. The van der Waals surface area contributed by atoms with Crippen LogP contribution in [0.1, 0.15) is 28.5 Å². The molecule has 2 N–H and O–H groups in total. The van der Waals surface area contributed by atoms with Crippen LogP contribution in [0.5, 0.6) is 0 Å². The third kappa shape index (κ3) is 3.32. The largest absolute Gasteiger partial charge is 0.366 e. The number of halogens is 1. The summed E-state index contributed by atoms with van der Waals surface area (Å²) in [7, 11) is 0. The van der Waals surface area contributed by atoms with Gasteiger partial charge in [0, 0.05) is 30.9 Å². The lowest BCUT2D eigenvalue weighted by Crippen LogP contribution is -2.31. The fourth-order valence-electron chi connectivity index (χ4n) is 3.25. The molecule has 1 aliphatic heterocycles. The number of hydrogen-bond acceptors (Lipinski definition) is 4. The number of pyridine rings is 2. The molecule has 4 rings (SSSR count). The van der Waals surface area contributed by atoms with E-state index in [4.69, 9.17) is 11.6 Å². The molecule has 1 aliphatic rings. The van der Waals surface area contributed by atoms with Crippen molar-refractivity contribution in [3.63, 3.8) is 0 Å². The van der Waals surface area contributed by atoms with Crippen LogP contribution in [-0.4, -0.2) is 22.0 Å². The maximum atomic E-state index is 13.0. The fraction of sp³-hybridized carbons (Fsp3) is 0.190. The van der Waals surface area contributed by atoms with E-state index in [0.29, 0.717) is 47.1 Å². The van der Waals surface area contributed by atoms with E-state index in [2.05, 4.69) is 27.5 Å². The van der Waals surface area contributed by atoms with Gasteiger partial charge in [0.15, 0.2) is 5.82 Å². The summed E-state index contributed by atoms with van der Waals surface area (Å²) in [6.07, 6.45) is 1.61. The average molecular weight is 393 g/mol. The van der Waals surface area contributed by atoms with Crippen molar-refractivity contribution < 1.29 is 4.79 Å². The number of rotatable bonds is 3. The first kappa shape index (κ1) is 18.1. The smallest absolute Gasteiger partial charge is 0.257 e. The third-order valence-corrected chi connectivity index (χ3v) is 4.82. The Kier molecular flexibility index (Phi) is 4.76. The summed E-state index contributed by atoms with van der Waals surface area (Å²) in [4.78, 5) is 30.2. The number of nitrogens with zero attached hydrogens (tertiary/aromatic N) is 2. The second kappa shape index (κ2) is 7.37. The van der Waals surface area contributed by atoms with Gasteiger partial charge in [-0.3, -0.25) is 9.59 Å². The Morgan fingerprint density at radius 3 is 2.89 bits per heavy atom. The van der Waals surface area contributed by atoms with Crippen molar-refractivity contribution in [3.05, 3.63) is 68.6 Å². The van der Waals surface area contributed by atoms with Gasteiger partial charge in [0.1, 0.15) is 11.3 Å². The van der Waals surface area contributed by atoms with Crippen molar-refractivity contribution in [2.24, 2.45) is 0 Å². The van der Waals surface area contributed by atoms with Gasteiger partial charge in [0.2, 0.25) is 5.43 Å². The van der Waals surface area contributed by atoms with Crippen LogP contribution in [-0.2, 0) is 13.1 Å². The summed E-state index contributed by atoms with van der Waals surface area (Å²) in [6.45, 7) is 3.32. The molecule has 3 aromatic rings. The first-order chi connectivity index (χ1) is 13.6. The van der Waals surface area contributed by atoms with Gasteiger partial charge in [-0.05, 0) is 36.6 Å². The summed E-state index contributed by atoms with van der Waals surface area (Å²) in [5.74, 6) is 5.88. The van der Waals surface area contributed by atoms with E-state index in [1.165, 1.54) is 0 Å². The Morgan fingerprint density at radius 2 is 2.14 bits per heavy atom. The normalized spacial score (nSPS) is 12.1. The minimum atomic E-state index is -0.411. The standard InChI is InChI=1S/C21H17ClN4O2/c1-2-3-15-10-16-18-20(25-15)23-8-9-26(18)12-17(19(16)27)21(28)24-11-13-4-6-14(22)7-5-13/h4-7,10,12H,8-9,11H2,1H3,(H,23,25)(H,24,28). The molecule has 0 saturated carbocycles. The number of hydrogen-bond donors (Lipinski definition) is 2. The van der Waals surface area contributed by atoms with E-state index >= 15 is 0 Å². The summed E-state index contributed by atoms with van der Waals surface area (Å²) < 4.78 is 1.90. The zero-order chi connectivity index (χ0) is 19.7. The monoisotopic (exact) mass is 392 g/mol. The van der Waals surface area contributed by atoms with Crippen LogP contribution in [0, 0.1) is 11.8 Å². The highest BCUT2D eigenvalue weighted by molar-refractivity contribution is 6.30. The molecule has 1 aromatic carbocycles. The minimum absolute atomic E-state index is 0.107. The van der Waals surface area contributed by atoms with E-state index in [0.717, 1.165) is 5.56 Å².